The van der Waals surface area contributed by atoms with Crippen molar-refractivity contribution in [3.05, 3.63) is 83.7 Å². The molecular formula is C34H38N3O7S+. The van der Waals surface area contributed by atoms with Crippen molar-refractivity contribution in [2.45, 2.75) is 76.2 Å². The minimum absolute atomic E-state index is 0.0801. The molecule has 0 unspecified atom stereocenters. The third-order valence-corrected chi connectivity index (χ3v) is 9.29. The van der Waals surface area contributed by atoms with Gasteiger partial charge >= 0.3 is 5.97 Å². The highest BCUT2D eigenvalue weighted by Crippen LogP contribution is 2.48. The number of imide groups is 1. The summed E-state index contributed by atoms with van der Waals surface area (Å²) in [6.07, 6.45) is 10.7. The zero-order valence-corrected chi connectivity index (χ0v) is 26.5. The SMILES string of the molecule is CCN1C(=CC=Cc2cc[n+](CCCCCC(=O)ON3C(=O)CCC3=O)c3ccccc23)C(C)(C)c2cc(S(=O)(=O)O)ccc21. The van der Waals surface area contributed by atoms with Crippen molar-refractivity contribution in [3.63, 3.8) is 0 Å². The Balaban J connectivity index is 1.25. The minimum atomic E-state index is -4.31. The van der Waals surface area contributed by atoms with E-state index in [2.05, 4.69) is 46.0 Å². The number of para-hydroxylation sites is 1. The number of carbonyl (C=O) groups is 3. The van der Waals surface area contributed by atoms with Gasteiger partial charge in [-0.1, -0.05) is 38.1 Å². The smallest absolute Gasteiger partial charge is 0.333 e. The molecule has 3 aromatic rings. The molecule has 2 aliphatic rings. The number of amides is 2. The van der Waals surface area contributed by atoms with Crippen LogP contribution in [0.25, 0.3) is 17.0 Å². The number of fused-ring (bicyclic) bond motifs is 2. The van der Waals surface area contributed by atoms with E-state index in [1.54, 1.807) is 12.1 Å². The molecule has 10 nitrogen and oxygen atoms in total. The molecule has 1 saturated heterocycles. The summed E-state index contributed by atoms with van der Waals surface area (Å²) >= 11 is 0. The first kappa shape index (κ1) is 32.1. The predicted octanol–water partition coefficient (Wildman–Crippen LogP) is 5.26. The molecule has 11 heteroatoms. The number of likely N-dealkylation sites (N-methyl/N-ethyl adjacent to an activating group) is 1. The van der Waals surface area contributed by atoms with Crippen LogP contribution in [0.1, 0.15) is 70.4 Å². The third kappa shape index (κ3) is 6.69. The van der Waals surface area contributed by atoms with Gasteiger partial charge in [0.25, 0.3) is 21.9 Å². The number of rotatable bonds is 11. The maximum Gasteiger partial charge on any atom is 0.333 e. The molecule has 5 rings (SSSR count). The van der Waals surface area contributed by atoms with Crippen molar-refractivity contribution < 1.29 is 36.8 Å². The standard InChI is InChI=1S/C34H37N3O7S/c1-4-36-29-17-16-25(45(41,42)43)23-27(29)34(2,3)30(36)14-10-11-24-20-22-35(28-13-8-7-12-26(24)28)21-9-5-6-15-33(40)44-37-31(38)18-19-32(37)39/h7-8,10-14,16-17,20,22-23H,4-6,9,15,18-19,21H2,1-3H3/p+1. The topological polar surface area (TPSA) is 125 Å². The molecule has 3 heterocycles. The van der Waals surface area contributed by atoms with Gasteiger partial charge in [0.2, 0.25) is 5.52 Å². The number of anilines is 1. The van der Waals surface area contributed by atoms with E-state index >= 15 is 0 Å². The van der Waals surface area contributed by atoms with E-state index in [1.807, 2.05) is 39.0 Å². The number of hydrogen-bond donors (Lipinski definition) is 1. The number of aromatic nitrogens is 1. The molecule has 0 radical (unpaired) electrons. The molecule has 236 valence electrons. The molecular weight excluding hydrogens is 594 g/mol. The number of allylic oxidation sites excluding steroid dienone is 3. The summed E-state index contributed by atoms with van der Waals surface area (Å²) in [6.45, 7) is 7.61. The van der Waals surface area contributed by atoms with E-state index in [1.165, 1.54) is 6.07 Å². The lowest BCUT2D eigenvalue weighted by molar-refractivity contribution is -0.671. The van der Waals surface area contributed by atoms with Crippen LogP contribution in [0, 0.1) is 0 Å². The summed E-state index contributed by atoms with van der Waals surface area (Å²) in [5.41, 5.74) is 4.46. The van der Waals surface area contributed by atoms with Gasteiger partial charge in [-0.3, -0.25) is 14.1 Å². The van der Waals surface area contributed by atoms with Gasteiger partial charge in [-0.2, -0.15) is 13.0 Å². The van der Waals surface area contributed by atoms with Crippen LogP contribution in [0.3, 0.4) is 0 Å². The summed E-state index contributed by atoms with van der Waals surface area (Å²) in [5, 5.41) is 1.68. The fraction of sp³-hybridized carbons (Fsp3) is 0.353. The Morgan fingerprint density at radius 1 is 1.04 bits per heavy atom. The van der Waals surface area contributed by atoms with E-state index in [0.29, 0.717) is 18.0 Å². The van der Waals surface area contributed by atoms with Crippen LogP contribution in [0.2, 0.25) is 0 Å². The van der Waals surface area contributed by atoms with Crippen LogP contribution >= 0.6 is 0 Å². The summed E-state index contributed by atoms with van der Waals surface area (Å²) in [5.74, 6) is -1.52. The molecule has 0 saturated carbocycles. The first-order valence-electron chi connectivity index (χ1n) is 15.2. The van der Waals surface area contributed by atoms with Gasteiger partial charge in [-0.05, 0) is 61.2 Å². The second kappa shape index (κ2) is 12.9. The summed E-state index contributed by atoms with van der Waals surface area (Å²) in [7, 11) is -4.31. The number of hydroxylamine groups is 2. The Morgan fingerprint density at radius 2 is 1.78 bits per heavy atom. The van der Waals surface area contributed by atoms with E-state index in [4.69, 9.17) is 4.84 Å². The Labute approximate surface area is 263 Å². The predicted molar refractivity (Wildman–Crippen MR) is 169 cm³/mol. The van der Waals surface area contributed by atoms with Crippen molar-refractivity contribution in [1.82, 2.24) is 5.06 Å². The highest BCUT2D eigenvalue weighted by molar-refractivity contribution is 7.85. The summed E-state index contributed by atoms with van der Waals surface area (Å²) in [6, 6.07) is 15.0. The number of nitrogens with zero attached hydrogens (tertiary/aromatic N) is 3. The van der Waals surface area contributed by atoms with Crippen molar-refractivity contribution in [1.29, 1.82) is 0 Å². The van der Waals surface area contributed by atoms with Crippen molar-refractivity contribution in [2.24, 2.45) is 0 Å². The van der Waals surface area contributed by atoms with Crippen LogP contribution in [0.5, 0.6) is 0 Å². The summed E-state index contributed by atoms with van der Waals surface area (Å²) in [4.78, 5) is 42.3. The zero-order chi connectivity index (χ0) is 32.4. The molecule has 1 N–H and O–H groups in total. The molecule has 0 bridgehead atoms. The number of benzene rings is 2. The number of carbonyl (C=O) groups excluding carboxylic acids is 3. The number of hydrogen-bond acceptors (Lipinski definition) is 7. The van der Waals surface area contributed by atoms with E-state index in [-0.39, 0.29) is 24.2 Å². The average Bonchev–Trinajstić information content (AvgIpc) is 3.43. The van der Waals surface area contributed by atoms with Gasteiger partial charge in [0.15, 0.2) is 6.20 Å². The third-order valence-electron chi connectivity index (χ3n) is 8.44. The van der Waals surface area contributed by atoms with Gasteiger partial charge in [0.05, 0.1) is 10.3 Å². The van der Waals surface area contributed by atoms with Crippen LogP contribution in [-0.4, -0.2) is 42.4 Å². The van der Waals surface area contributed by atoms with Crippen LogP contribution in [-0.2, 0) is 41.3 Å². The molecule has 1 aromatic heterocycles. The minimum Gasteiger partial charge on any atom is -0.344 e. The highest BCUT2D eigenvalue weighted by Gasteiger charge is 2.40. The fourth-order valence-corrected chi connectivity index (χ4v) is 6.59. The van der Waals surface area contributed by atoms with Crippen molar-refractivity contribution >= 4 is 50.6 Å². The molecule has 2 aromatic carbocycles. The number of unbranched alkanes of at least 4 members (excludes halogenated alkanes) is 2. The van der Waals surface area contributed by atoms with Gasteiger partial charge in [-0.25, -0.2) is 4.79 Å². The maximum absolute atomic E-state index is 12.1. The average molecular weight is 633 g/mol. The molecule has 1 fully saturated rings. The molecule has 2 amide bonds. The second-order valence-corrected chi connectivity index (χ2v) is 13.2. The van der Waals surface area contributed by atoms with Crippen LogP contribution in [0.4, 0.5) is 5.69 Å². The Kier molecular flexibility index (Phi) is 9.22. The highest BCUT2D eigenvalue weighted by atomic mass is 32.2. The first-order chi connectivity index (χ1) is 21.4. The van der Waals surface area contributed by atoms with Gasteiger partial charge in [-0.15, -0.1) is 5.06 Å². The van der Waals surface area contributed by atoms with Crippen molar-refractivity contribution in [2.75, 3.05) is 11.4 Å². The van der Waals surface area contributed by atoms with E-state index < -0.39 is 33.3 Å². The zero-order valence-electron chi connectivity index (χ0n) is 25.7. The van der Waals surface area contributed by atoms with Crippen LogP contribution in [0.15, 0.2) is 77.5 Å². The normalized spacial score (nSPS) is 17.2. The lowest BCUT2D eigenvalue weighted by Gasteiger charge is -2.25. The molecule has 2 aliphatic heterocycles. The summed E-state index contributed by atoms with van der Waals surface area (Å²) < 4.78 is 35.4. The Hall–Kier alpha value is -4.35. The first-order valence-corrected chi connectivity index (χ1v) is 16.6. The number of aryl methyl sites for hydroxylation is 1. The Morgan fingerprint density at radius 3 is 2.49 bits per heavy atom. The second-order valence-electron chi connectivity index (χ2n) is 11.8. The van der Waals surface area contributed by atoms with E-state index in [9.17, 15) is 27.4 Å². The largest absolute Gasteiger partial charge is 0.344 e. The Bertz CT molecular complexity index is 1810. The van der Waals surface area contributed by atoms with Crippen molar-refractivity contribution in [3.8, 4) is 0 Å². The van der Waals surface area contributed by atoms with E-state index in [0.717, 1.165) is 52.8 Å². The monoisotopic (exact) mass is 632 g/mol. The van der Waals surface area contributed by atoms with Gasteiger partial charge in [0.1, 0.15) is 6.54 Å². The number of pyridine rings is 1. The van der Waals surface area contributed by atoms with Crippen LogP contribution < -0.4 is 9.47 Å². The molecule has 0 aliphatic carbocycles. The molecule has 0 spiro atoms. The molecule has 0 atom stereocenters. The lowest BCUT2D eigenvalue weighted by atomic mass is 9.83. The quantitative estimate of drug-likeness (QED) is 0.131. The van der Waals surface area contributed by atoms with Gasteiger partial charge in [0, 0.05) is 61.2 Å². The fourth-order valence-electron chi connectivity index (χ4n) is 6.08. The van der Waals surface area contributed by atoms with Gasteiger partial charge < -0.3 is 9.74 Å². The molecule has 45 heavy (non-hydrogen) atoms. The lowest BCUT2D eigenvalue weighted by Crippen LogP contribution is -2.34. The maximum atomic E-state index is 12.1.